The van der Waals surface area contributed by atoms with Gasteiger partial charge in [0.1, 0.15) is 26.0 Å². The number of benzene rings is 1. The first-order chi connectivity index (χ1) is 22.7. The molecule has 17 heteroatoms. The third kappa shape index (κ3) is 23.4. The molecule has 0 aliphatic carbocycles. The van der Waals surface area contributed by atoms with E-state index in [1.807, 2.05) is 0 Å². The fourth-order valence-electron chi connectivity index (χ4n) is 3.39. The molecule has 0 bridgehead atoms. The van der Waals surface area contributed by atoms with E-state index in [9.17, 15) is 28.8 Å². The highest BCUT2D eigenvalue weighted by molar-refractivity contribution is 5.92. The monoisotopic (exact) mass is 665 g/mol. The third-order valence-corrected chi connectivity index (χ3v) is 5.62. The molecule has 0 aromatic heterocycles. The lowest BCUT2D eigenvalue weighted by Gasteiger charge is -2.19. The Hall–Kier alpha value is -4.60. The van der Waals surface area contributed by atoms with Crippen LogP contribution in [0.1, 0.15) is 12.0 Å². The number of carboxylic acids is 1. The summed E-state index contributed by atoms with van der Waals surface area (Å²) >= 11 is 0. The number of carboxylic acid groups (broad SMARTS) is 1. The van der Waals surface area contributed by atoms with Crippen molar-refractivity contribution in [2.75, 3.05) is 85.8 Å². The predicted molar refractivity (Wildman–Crippen MR) is 164 cm³/mol. The minimum atomic E-state index is -1.20. The largest absolute Gasteiger partial charge is 0.480 e. The molecule has 0 aliphatic rings. The third-order valence-electron chi connectivity index (χ3n) is 5.62. The molecule has 6 N–H and O–H groups in total. The predicted octanol–water partition coefficient (Wildman–Crippen LogP) is -2.67. The second-order valence-electron chi connectivity index (χ2n) is 9.41. The molecule has 17 nitrogen and oxygen atoms in total. The van der Waals surface area contributed by atoms with Gasteiger partial charge in [0.05, 0.1) is 65.9 Å². The van der Waals surface area contributed by atoms with Crippen molar-refractivity contribution in [2.24, 2.45) is 0 Å². The maximum absolute atomic E-state index is 12.8. The van der Waals surface area contributed by atoms with Crippen LogP contribution in [0.2, 0.25) is 0 Å². The van der Waals surface area contributed by atoms with E-state index < -0.39 is 61.2 Å². The van der Waals surface area contributed by atoms with Gasteiger partial charge >= 0.3 is 5.97 Å². The van der Waals surface area contributed by atoms with Crippen molar-refractivity contribution in [3.8, 4) is 12.3 Å². The summed E-state index contributed by atoms with van der Waals surface area (Å²) in [7, 11) is 0. The van der Waals surface area contributed by atoms with Crippen molar-refractivity contribution >= 4 is 35.5 Å². The smallest absolute Gasteiger partial charge is 0.329 e. The second-order valence-corrected chi connectivity index (χ2v) is 9.41. The maximum Gasteiger partial charge on any atom is 0.329 e. The summed E-state index contributed by atoms with van der Waals surface area (Å²) in [5, 5.41) is 20.5. The molecule has 0 heterocycles. The molecule has 47 heavy (non-hydrogen) atoms. The average molecular weight is 666 g/mol. The SMILES string of the molecule is C#CCOCCOCCOCCOCCC(=O)NCC(=O)NCC(=O)N[C@@H](Cc1ccccc1)C(=O)NCC(=O)NCOCC(=O)O. The number of hydrogen-bond acceptors (Lipinski definition) is 11. The molecule has 1 atom stereocenters. The van der Waals surface area contributed by atoms with Crippen LogP contribution in [0.4, 0.5) is 0 Å². The van der Waals surface area contributed by atoms with Crippen molar-refractivity contribution in [1.82, 2.24) is 26.6 Å². The Morgan fingerprint density at radius 2 is 1.23 bits per heavy atom. The minimum Gasteiger partial charge on any atom is -0.480 e. The Morgan fingerprint density at radius 3 is 1.87 bits per heavy atom. The lowest BCUT2D eigenvalue weighted by Crippen LogP contribution is -2.52. The number of carbonyl (C=O) groups is 6. The van der Waals surface area contributed by atoms with Gasteiger partial charge in [-0.2, -0.15) is 0 Å². The molecule has 0 radical (unpaired) electrons. The summed E-state index contributed by atoms with van der Waals surface area (Å²) in [4.78, 5) is 71.8. The summed E-state index contributed by atoms with van der Waals surface area (Å²) < 4.78 is 25.7. The fraction of sp³-hybridized carbons (Fsp3) is 0.533. The number of terminal acetylenes is 1. The van der Waals surface area contributed by atoms with E-state index in [1.165, 1.54) is 0 Å². The van der Waals surface area contributed by atoms with Gasteiger partial charge in [0, 0.05) is 12.8 Å². The van der Waals surface area contributed by atoms with E-state index in [-0.39, 0.29) is 45.9 Å². The van der Waals surface area contributed by atoms with Crippen LogP contribution in [0, 0.1) is 12.3 Å². The minimum absolute atomic E-state index is 0.0121. The van der Waals surface area contributed by atoms with Crippen molar-refractivity contribution in [3.63, 3.8) is 0 Å². The standard InChI is InChI=1S/C30H43N5O12/c1-2-9-43-11-13-45-15-16-46-14-12-44-10-8-25(36)31-18-26(37)32-20-28(39)35-24(17-23-6-4-3-5-7-23)30(42)33-19-27(38)34-22-47-21-29(40)41/h1,3-7,24H,8-22H2,(H,31,36)(H,32,37)(H,33,42)(H,34,38)(H,35,39)(H,40,41)/t24-/m0/s1. The molecule has 0 fully saturated rings. The van der Waals surface area contributed by atoms with E-state index in [2.05, 4.69) is 32.5 Å². The Balaban J connectivity index is 2.27. The lowest BCUT2D eigenvalue weighted by molar-refractivity contribution is -0.143. The van der Waals surface area contributed by atoms with Crippen LogP contribution in [0.5, 0.6) is 0 Å². The van der Waals surface area contributed by atoms with Gasteiger partial charge in [-0.15, -0.1) is 6.42 Å². The molecule has 1 rings (SSSR count). The number of rotatable bonds is 27. The normalized spacial score (nSPS) is 11.0. The maximum atomic E-state index is 12.8. The zero-order valence-corrected chi connectivity index (χ0v) is 26.1. The summed E-state index contributed by atoms with van der Waals surface area (Å²) in [6, 6.07) is 7.72. The topological polar surface area (TPSA) is 229 Å². The first kappa shape index (κ1) is 40.4. The Kier molecular flexibility index (Phi) is 22.9. The Labute approximate surface area is 272 Å². The molecule has 0 spiro atoms. The first-order valence-electron chi connectivity index (χ1n) is 14.7. The van der Waals surface area contributed by atoms with Crippen LogP contribution in [-0.4, -0.2) is 132 Å². The zero-order chi connectivity index (χ0) is 34.5. The second kappa shape index (κ2) is 26.6. The summed E-state index contributed by atoms with van der Waals surface area (Å²) in [6.07, 6.45) is 5.17. The molecule has 0 saturated carbocycles. The number of hydrogen-bond donors (Lipinski definition) is 6. The Morgan fingerprint density at radius 1 is 0.681 bits per heavy atom. The molecule has 0 saturated heterocycles. The number of nitrogens with one attached hydrogen (secondary N) is 5. The molecular formula is C30H43N5O12. The average Bonchev–Trinajstić information content (AvgIpc) is 3.05. The molecule has 5 amide bonds. The van der Waals surface area contributed by atoms with Crippen LogP contribution in [-0.2, 0) is 58.9 Å². The van der Waals surface area contributed by atoms with Crippen LogP contribution in [0.25, 0.3) is 0 Å². The van der Waals surface area contributed by atoms with Crippen LogP contribution in [0.15, 0.2) is 30.3 Å². The van der Waals surface area contributed by atoms with Gasteiger partial charge in [-0.3, -0.25) is 24.0 Å². The fourth-order valence-corrected chi connectivity index (χ4v) is 3.39. The number of aliphatic carboxylic acids is 1. The van der Waals surface area contributed by atoms with Crippen molar-refractivity contribution in [2.45, 2.75) is 18.9 Å². The summed E-state index contributed by atoms with van der Waals surface area (Å²) in [5.74, 6) is -1.88. The van der Waals surface area contributed by atoms with Gasteiger partial charge in [-0.05, 0) is 5.56 Å². The van der Waals surface area contributed by atoms with Crippen LogP contribution in [0.3, 0.4) is 0 Å². The van der Waals surface area contributed by atoms with Crippen molar-refractivity contribution in [1.29, 1.82) is 0 Å². The van der Waals surface area contributed by atoms with Gasteiger partial charge in [0.2, 0.25) is 29.5 Å². The van der Waals surface area contributed by atoms with E-state index in [1.54, 1.807) is 30.3 Å². The lowest BCUT2D eigenvalue weighted by atomic mass is 10.1. The molecule has 1 aromatic rings. The quantitative estimate of drug-likeness (QED) is 0.0321. The van der Waals surface area contributed by atoms with Crippen molar-refractivity contribution in [3.05, 3.63) is 35.9 Å². The van der Waals surface area contributed by atoms with Gasteiger partial charge in [0.25, 0.3) is 0 Å². The van der Waals surface area contributed by atoms with E-state index in [0.717, 1.165) is 5.56 Å². The number of amides is 5. The van der Waals surface area contributed by atoms with E-state index >= 15 is 0 Å². The molecule has 260 valence electrons. The molecular weight excluding hydrogens is 622 g/mol. The van der Waals surface area contributed by atoms with Crippen molar-refractivity contribution < 1.29 is 57.6 Å². The number of ether oxygens (including phenoxy) is 5. The highest BCUT2D eigenvalue weighted by Gasteiger charge is 2.22. The van der Waals surface area contributed by atoms with Gasteiger partial charge in [0.15, 0.2) is 0 Å². The Bertz CT molecular complexity index is 1150. The molecule has 0 aliphatic heterocycles. The highest BCUT2D eigenvalue weighted by Crippen LogP contribution is 2.03. The molecule has 0 unspecified atom stereocenters. The van der Waals surface area contributed by atoms with E-state index in [4.69, 9.17) is 35.2 Å². The van der Waals surface area contributed by atoms with Gasteiger partial charge in [-0.25, -0.2) is 4.79 Å². The zero-order valence-electron chi connectivity index (χ0n) is 26.1. The molecule has 1 aromatic carbocycles. The van der Waals surface area contributed by atoms with Crippen LogP contribution < -0.4 is 26.6 Å². The first-order valence-corrected chi connectivity index (χ1v) is 14.7. The summed E-state index contributed by atoms with van der Waals surface area (Å²) in [6.45, 7) is 0.284. The van der Waals surface area contributed by atoms with Crippen LogP contribution >= 0.6 is 0 Å². The highest BCUT2D eigenvalue weighted by atomic mass is 16.6. The number of carbonyl (C=O) groups excluding carboxylic acids is 5. The van der Waals surface area contributed by atoms with E-state index in [0.29, 0.717) is 33.0 Å². The van der Waals surface area contributed by atoms with Gasteiger partial charge in [-0.1, -0.05) is 36.3 Å². The van der Waals surface area contributed by atoms with Gasteiger partial charge < -0.3 is 55.4 Å². The summed E-state index contributed by atoms with van der Waals surface area (Å²) in [5.41, 5.74) is 0.729.